The molecule has 0 saturated carbocycles. The molecule has 5 nitrogen and oxygen atoms in total. The first-order chi connectivity index (χ1) is 11.7. The zero-order chi connectivity index (χ0) is 16.8. The molecule has 0 spiro atoms. The van der Waals surface area contributed by atoms with Crippen LogP contribution < -0.4 is 5.32 Å². The summed E-state index contributed by atoms with van der Waals surface area (Å²) in [5.41, 5.74) is 1.21. The Morgan fingerprint density at radius 2 is 1.96 bits per heavy atom. The van der Waals surface area contributed by atoms with Gasteiger partial charge in [0.05, 0.1) is 19.3 Å². The van der Waals surface area contributed by atoms with E-state index < -0.39 is 0 Å². The molecule has 132 valence electrons. The molecule has 2 saturated heterocycles. The van der Waals surface area contributed by atoms with Gasteiger partial charge in [0, 0.05) is 38.8 Å². The maximum Gasteiger partial charge on any atom is 0.236 e. The minimum Gasteiger partial charge on any atom is -0.373 e. The first kappa shape index (κ1) is 17.4. The van der Waals surface area contributed by atoms with Gasteiger partial charge >= 0.3 is 0 Å². The van der Waals surface area contributed by atoms with Gasteiger partial charge in [-0.3, -0.25) is 9.69 Å². The van der Waals surface area contributed by atoms with Crippen LogP contribution >= 0.6 is 0 Å². The van der Waals surface area contributed by atoms with E-state index in [-0.39, 0.29) is 12.0 Å². The summed E-state index contributed by atoms with van der Waals surface area (Å²) < 4.78 is 6.01. The van der Waals surface area contributed by atoms with Gasteiger partial charge in [-0.15, -0.1) is 0 Å². The fourth-order valence-electron chi connectivity index (χ4n) is 3.45. The summed E-state index contributed by atoms with van der Waals surface area (Å²) in [6, 6.07) is 10.7. The van der Waals surface area contributed by atoms with E-state index in [1.807, 2.05) is 23.1 Å². The lowest BCUT2D eigenvalue weighted by Crippen LogP contribution is -2.54. The molecule has 0 aliphatic carbocycles. The zero-order valence-electron chi connectivity index (χ0n) is 14.6. The van der Waals surface area contributed by atoms with E-state index in [4.69, 9.17) is 4.74 Å². The van der Waals surface area contributed by atoms with Gasteiger partial charge < -0.3 is 15.0 Å². The van der Waals surface area contributed by atoms with E-state index in [9.17, 15) is 4.79 Å². The van der Waals surface area contributed by atoms with E-state index in [2.05, 4.69) is 29.3 Å². The number of nitrogens with zero attached hydrogens (tertiary/aromatic N) is 2. The summed E-state index contributed by atoms with van der Waals surface area (Å²) in [4.78, 5) is 16.8. The number of nitrogens with one attached hydrogen (secondary N) is 1. The van der Waals surface area contributed by atoms with Crippen LogP contribution in [0.25, 0.3) is 0 Å². The molecule has 2 aliphatic rings. The monoisotopic (exact) mass is 331 g/mol. The van der Waals surface area contributed by atoms with Crippen LogP contribution in [-0.2, 0) is 16.1 Å². The van der Waals surface area contributed by atoms with Gasteiger partial charge in [-0.05, 0) is 25.3 Å². The van der Waals surface area contributed by atoms with Crippen molar-refractivity contribution in [3.63, 3.8) is 0 Å². The number of hydrogen-bond acceptors (Lipinski definition) is 4. The fourth-order valence-corrected chi connectivity index (χ4v) is 3.45. The molecule has 1 aromatic carbocycles. The van der Waals surface area contributed by atoms with Crippen LogP contribution in [0.15, 0.2) is 30.3 Å². The Kier molecular flexibility index (Phi) is 6.24. The van der Waals surface area contributed by atoms with Crippen molar-refractivity contribution in [2.75, 3.05) is 39.3 Å². The summed E-state index contributed by atoms with van der Waals surface area (Å²) in [7, 11) is 0. The molecule has 0 bridgehead atoms. The zero-order valence-corrected chi connectivity index (χ0v) is 14.6. The minimum absolute atomic E-state index is 0.269. The smallest absolute Gasteiger partial charge is 0.236 e. The number of rotatable bonds is 5. The van der Waals surface area contributed by atoms with E-state index in [1.165, 1.54) is 5.56 Å². The van der Waals surface area contributed by atoms with Crippen molar-refractivity contribution in [1.82, 2.24) is 15.1 Å². The molecule has 1 amide bonds. The number of amides is 1. The molecule has 0 unspecified atom stereocenters. The molecule has 1 atom stereocenters. The number of hydrogen-bond donors (Lipinski definition) is 1. The summed E-state index contributed by atoms with van der Waals surface area (Å²) in [6.45, 7) is 7.95. The second-order valence-corrected chi connectivity index (χ2v) is 6.90. The quantitative estimate of drug-likeness (QED) is 0.888. The summed E-state index contributed by atoms with van der Waals surface area (Å²) in [6.07, 6.45) is 2.15. The first-order valence-corrected chi connectivity index (χ1v) is 9.10. The molecule has 3 rings (SSSR count). The lowest BCUT2D eigenvalue weighted by atomic mass is 10.1. The lowest BCUT2D eigenvalue weighted by molar-refractivity contribution is -0.136. The highest BCUT2D eigenvalue weighted by Gasteiger charge is 2.26. The van der Waals surface area contributed by atoms with Crippen LogP contribution in [0.4, 0.5) is 0 Å². The second-order valence-electron chi connectivity index (χ2n) is 6.90. The molecule has 2 aliphatic heterocycles. The van der Waals surface area contributed by atoms with Crippen LogP contribution in [0, 0.1) is 0 Å². The van der Waals surface area contributed by atoms with Crippen LogP contribution in [0.2, 0.25) is 0 Å². The molecule has 2 heterocycles. The van der Waals surface area contributed by atoms with E-state index >= 15 is 0 Å². The summed E-state index contributed by atoms with van der Waals surface area (Å²) in [5, 5.41) is 3.37. The molecular weight excluding hydrogens is 302 g/mol. The third-order valence-electron chi connectivity index (χ3n) is 5.10. The minimum atomic E-state index is 0.269. The largest absolute Gasteiger partial charge is 0.373 e. The van der Waals surface area contributed by atoms with Crippen LogP contribution in [-0.4, -0.2) is 67.1 Å². The van der Waals surface area contributed by atoms with Gasteiger partial charge in [-0.2, -0.15) is 0 Å². The highest BCUT2D eigenvalue weighted by molar-refractivity contribution is 5.78. The average molecular weight is 331 g/mol. The summed E-state index contributed by atoms with van der Waals surface area (Å²) in [5.74, 6) is 0.269. The van der Waals surface area contributed by atoms with Crippen LogP contribution in [0.5, 0.6) is 0 Å². The molecule has 2 fully saturated rings. The average Bonchev–Trinajstić information content (AvgIpc) is 2.63. The second kappa shape index (κ2) is 8.60. The Balaban J connectivity index is 1.39. The van der Waals surface area contributed by atoms with Gasteiger partial charge in [0.2, 0.25) is 5.91 Å². The molecule has 1 N–H and O–H groups in total. The summed E-state index contributed by atoms with van der Waals surface area (Å²) >= 11 is 0. The Morgan fingerprint density at radius 1 is 1.21 bits per heavy atom. The maximum absolute atomic E-state index is 12.5. The standard InChI is InChI=1S/C19H29N3O2/c1-16-13-20-9-12-22(16)14-19(23)21-10-7-18(8-11-21)24-15-17-5-3-2-4-6-17/h2-6,16,18,20H,7-15H2,1H3/t16-/m0/s1. The molecule has 5 heteroatoms. The SMILES string of the molecule is C[C@H]1CNCCN1CC(=O)N1CCC(OCc2ccccc2)CC1. The van der Waals surface area contributed by atoms with Crippen molar-refractivity contribution in [3.05, 3.63) is 35.9 Å². The van der Waals surface area contributed by atoms with E-state index in [0.717, 1.165) is 45.6 Å². The number of piperazine rings is 1. The molecule has 0 aromatic heterocycles. The highest BCUT2D eigenvalue weighted by Crippen LogP contribution is 2.16. The normalized spacial score (nSPS) is 23.4. The van der Waals surface area contributed by atoms with Gasteiger partial charge in [-0.25, -0.2) is 0 Å². The Labute approximate surface area is 145 Å². The molecule has 0 radical (unpaired) electrons. The van der Waals surface area contributed by atoms with E-state index in [1.54, 1.807) is 0 Å². The van der Waals surface area contributed by atoms with Crippen molar-refractivity contribution in [1.29, 1.82) is 0 Å². The topological polar surface area (TPSA) is 44.8 Å². The predicted molar refractivity (Wildman–Crippen MR) is 94.7 cm³/mol. The van der Waals surface area contributed by atoms with Gasteiger partial charge in [0.1, 0.15) is 0 Å². The predicted octanol–water partition coefficient (Wildman–Crippen LogP) is 1.49. The number of ether oxygens (including phenoxy) is 1. The number of carbonyl (C=O) groups excluding carboxylic acids is 1. The Bertz CT molecular complexity index is 515. The molecule has 1 aromatic rings. The van der Waals surface area contributed by atoms with Crippen molar-refractivity contribution in [2.45, 2.75) is 38.5 Å². The van der Waals surface area contributed by atoms with Crippen LogP contribution in [0.3, 0.4) is 0 Å². The third-order valence-corrected chi connectivity index (χ3v) is 5.10. The highest BCUT2D eigenvalue weighted by atomic mass is 16.5. The van der Waals surface area contributed by atoms with Gasteiger partial charge in [0.15, 0.2) is 0 Å². The first-order valence-electron chi connectivity index (χ1n) is 9.10. The fraction of sp³-hybridized carbons (Fsp3) is 0.632. The van der Waals surface area contributed by atoms with Crippen molar-refractivity contribution < 1.29 is 9.53 Å². The third kappa shape index (κ3) is 4.79. The maximum atomic E-state index is 12.5. The van der Waals surface area contributed by atoms with Gasteiger partial charge in [-0.1, -0.05) is 30.3 Å². The molecule has 24 heavy (non-hydrogen) atoms. The Hall–Kier alpha value is -1.43. The lowest BCUT2D eigenvalue weighted by Gasteiger charge is -2.37. The number of piperidine rings is 1. The number of carbonyl (C=O) groups is 1. The van der Waals surface area contributed by atoms with Crippen LogP contribution in [0.1, 0.15) is 25.3 Å². The van der Waals surface area contributed by atoms with E-state index in [0.29, 0.717) is 19.2 Å². The van der Waals surface area contributed by atoms with Crippen molar-refractivity contribution >= 4 is 5.91 Å². The molecular formula is C19H29N3O2. The van der Waals surface area contributed by atoms with Crippen molar-refractivity contribution in [2.24, 2.45) is 0 Å². The Morgan fingerprint density at radius 3 is 2.67 bits per heavy atom. The van der Waals surface area contributed by atoms with Crippen molar-refractivity contribution in [3.8, 4) is 0 Å². The number of likely N-dealkylation sites (tertiary alicyclic amines) is 1. The van der Waals surface area contributed by atoms with Gasteiger partial charge in [0.25, 0.3) is 0 Å². The number of benzene rings is 1.